The van der Waals surface area contributed by atoms with Gasteiger partial charge in [-0.3, -0.25) is 0 Å². The molecule has 2 nitrogen and oxygen atoms in total. The largest absolute Gasteiger partial charge is 0.399 e. The van der Waals surface area contributed by atoms with Gasteiger partial charge in [0.2, 0.25) is 0 Å². The molecule has 2 aromatic carbocycles. The Morgan fingerprint density at radius 3 is 2.05 bits per heavy atom. The first-order chi connectivity index (χ1) is 9.71. The molecule has 0 fully saturated rings. The summed E-state index contributed by atoms with van der Waals surface area (Å²) in [5.41, 5.74) is 8.20. The maximum Gasteiger partial charge on any atom is 0.159 e. The lowest BCUT2D eigenvalue weighted by Gasteiger charge is -2.15. The van der Waals surface area contributed by atoms with E-state index in [2.05, 4.69) is 5.32 Å². The van der Waals surface area contributed by atoms with Gasteiger partial charge in [0.25, 0.3) is 0 Å². The van der Waals surface area contributed by atoms with Crippen LogP contribution in [0.1, 0.15) is 11.1 Å². The van der Waals surface area contributed by atoms with E-state index in [4.69, 9.17) is 5.73 Å². The molecule has 0 unspecified atom stereocenters. The van der Waals surface area contributed by atoms with Crippen LogP contribution < -0.4 is 11.1 Å². The van der Waals surface area contributed by atoms with E-state index in [1.54, 1.807) is 36.4 Å². The molecule has 20 heavy (non-hydrogen) atoms. The lowest BCUT2D eigenvalue weighted by atomic mass is 9.95. The number of anilines is 2. The Kier molecular flexibility index (Phi) is 4.50. The van der Waals surface area contributed by atoms with Crippen LogP contribution in [0.15, 0.2) is 36.4 Å². The van der Waals surface area contributed by atoms with Gasteiger partial charge >= 0.3 is 0 Å². The highest BCUT2D eigenvalue weighted by molar-refractivity contribution is 5.74. The van der Waals surface area contributed by atoms with Gasteiger partial charge in [-0.15, -0.1) is 0 Å². The van der Waals surface area contributed by atoms with Crippen LogP contribution in [0.4, 0.5) is 24.5 Å². The Morgan fingerprint density at radius 2 is 1.50 bits per heavy atom. The third kappa shape index (κ3) is 2.71. The highest BCUT2D eigenvalue weighted by Gasteiger charge is 2.14. The molecule has 0 spiro atoms. The van der Waals surface area contributed by atoms with Gasteiger partial charge in [0.15, 0.2) is 6.80 Å². The molecule has 0 bridgehead atoms. The molecule has 0 saturated carbocycles. The van der Waals surface area contributed by atoms with Crippen molar-refractivity contribution in [1.29, 1.82) is 0 Å². The van der Waals surface area contributed by atoms with E-state index in [-0.39, 0.29) is 16.8 Å². The highest BCUT2D eigenvalue weighted by atomic mass is 19.1. The molecule has 2 aromatic rings. The monoisotopic (exact) mass is 280 g/mol. The number of nitrogens with two attached hydrogens (primary N) is 1. The molecule has 0 saturated heterocycles. The number of nitrogen functional groups attached to an aromatic ring is 1. The van der Waals surface area contributed by atoms with Crippen LogP contribution in [-0.2, 0) is 13.3 Å². The summed E-state index contributed by atoms with van der Waals surface area (Å²) in [4.78, 5) is 0. The average molecular weight is 280 g/mol. The van der Waals surface area contributed by atoms with Crippen molar-refractivity contribution in [2.45, 2.75) is 13.3 Å². The molecule has 0 aromatic heterocycles. The summed E-state index contributed by atoms with van der Waals surface area (Å²) < 4.78 is 38.8. The summed E-state index contributed by atoms with van der Waals surface area (Å²) >= 11 is 0. The van der Waals surface area contributed by atoms with Crippen molar-refractivity contribution >= 4 is 11.4 Å². The molecular weight excluding hydrogens is 265 g/mol. The predicted molar refractivity (Wildman–Crippen MR) is 75.5 cm³/mol. The van der Waals surface area contributed by atoms with E-state index in [1.165, 1.54) is 0 Å². The van der Waals surface area contributed by atoms with Crippen molar-refractivity contribution in [2.24, 2.45) is 0 Å². The second kappa shape index (κ2) is 6.32. The standard InChI is InChI=1S/C15H15F3N2/c16-7-13-12(10-1-3-11(19)4-2-10)5-6-15(20-9-18)14(13)8-17/h1-6,20H,7-9,19H2. The number of hydrogen-bond donors (Lipinski definition) is 2. The number of halogens is 3. The van der Waals surface area contributed by atoms with Gasteiger partial charge in [0, 0.05) is 16.9 Å². The molecule has 0 radical (unpaired) electrons. The number of benzene rings is 2. The minimum Gasteiger partial charge on any atom is -0.399 e. The van der Waals surface area contributed by atoms with Crippen LogP contribution in [-0.4, -0.2) is 6.80 Å². The normalized spacial score (nSPS) is 10.6. The molecule has 2 rings (SSSR count). The lowest BCUT2D eigenvalue weighted by molar-refractivity contribution is 0.455. The average Bonchev–Trinajstić information content (AvgIpc) is 2.48. The van der Waals surface area contributed by atoms with Gasteiger partial charge in [0.05, 0.1) is 0 Å². The quantitative estimate of drug-likeness (QED) is 0.636. The van der Waals surface area contributed by atoms with E-state index in [1.807, 2.05) is 0 Å². The van der Waals surface area contributed by atoms with E-state index < -0.39 is 20.1 Å². The summed E-state index contributed by atoms with van der Waals surface area (Å²) in [6.45, 7) is -2.51. The summed E-state index contributed by atoms with van der Waals surface area (Å²) in [7, 11) is 0. The Labute approximate surface area is 115 Å². The van der Waals surface area contributed by atoms with Gasteiger partial charge in [0.1, 0.15) is 13.3 Å². The Morgan fingerprint density at radius 1 is 0.850 bits per heavy atom. The molecule has 0 heterocycles. The fourth-order valence-corrected chi connectivity index (χ4v) is 2.17. The topological polar surface area (TPSA) is 38.0 Å². The first-order valence-corrected chi connectivity index (χ1v) is 6.13. The maximum atomic E-state index is 13.3. The molecule has 0 aliphatic rings. The van der Waals surface area contributed by atoms with E-state index in [0.717, 1.165) is 5.56 Å². The third-order valence-electron chi connectivity index (χ3n) is 3.18. The zero-order valence-electron chi connectivity index (χ0n) is 10.8. The van der Waals surface area contributed by atoms with Gasteiger partial charge in [-0.05, 0) is 34.9 Å². The fraction of sp³-hybridized carbons (Fsp3) is 0.200. The van der Waals surface area contributed by atoms with Gasteiger partial charge in [-0.1, -0.05) is 18.2 Å². The van der Waals surface area contributed by atoms with E-state index >= 15 is 0 Å². The third-order valence-corrected chi connectivity index (χ3v) is 3.18. The molecule has 0 aliphatic carbocycles. The van der Waals surface area contributed by atoms with Crippen LogP contribution in [0.25, 0.3) is 11.1 Å². The second-order valence-corrected chi connectivity index (χ2v) is 4.32. The first kappa shape index (κ1) is 14.2. The van der Waals surface area contributed by atoms with Crippen molar-refractivity contribution in [3.05, 3.63) is 47.5 Å². The fourth-order valence-electron chi connectivity index (χ4n) is 2.17. The SMILES string of the molecule is Nc1ccc(-c2ccc(NCF)c(CF)c2CF)cc1. The van der Waals surface area contributed by atoms with Crippen molar-refractivity contribution in [1.82, 2.24) is 0 Å². The Hall–Kier alpha value is -2.17. The van der Waals surface area contributed by atoms with Crippen molar-refractivity contribution in [2.75, 3.05) is 17.8 Å². The van der Waals surface area contributed by atoms with Crippen LogP contribution in [0.5, 0.6) is 0 Å². The molecule has 0 atom stereocenters. The van der Waals surface area contributed by atoms with Gasteiger partial charge < -0.3 is 11.1 Å². The number of hydrogen-bond acceptors (Lipinski definition) is 2. The first-order valence-electron chi connectivity index (χ1n) is 6.13. The highest BCUT2D eigenvalue weighted by Crippen LogP contribution is 2.32. The van der Waals surface area contributed by atoms with Crippen LogP contribution in [0.3, 0.4) is 0 Å². The molecule has 0 amide bonds. The van der Waals surface area contributed by atoms with E-state index in [9.17, 15) is 13.2 Å². The van der Waals surface area contributed by atoms with Crippen molar-refractivity contribution in [3.63, 3.8) is 0 Å². The molecular formula is C15H15F3N2. The van der Waals surface area contributed by atoms with E-state index in [0.29, 0.717) is 11.3 Å². The van der Waals surface area contributed by atoms with Crippen LogP contribution >= 0.6 is 0 Å². The van der Waals surface area contributed by atoms with Crippen molar-refractivity contribution < 1.29 is 13.2 Å². The smallest absolute Gasteiger partial charge is 0.159 e. The summed E-state index contributed by atoms with van der Waals surface area (Å²) in [5, 5.41) is 2.40. The number of alkyl halides is 3. The second-order valence-electron chi connectivity index (χ2n) is 4.32. The van der Waals surface area contributed by atoms with Crippen LogP contribution in [0.2, 0.25) is 0 Å². The lowest BCUT2D eigenvalue weighted by Crippen LogP contribution is -2.03. The minimum absolute atomic E-state index is 0.152. The minimum atomic E-state index is -0.857. The summed E-state index contributed by atoms with van der Waals surface area (Å²) in [6.07, 6.45) is 0. The molecule has 106 valence electrons. The zero-order chi connectivity index (χ0) is 14.5. The maximum absolute atomic E-state index is 13.3. The summed E-state index contributed by atoms with van der Waals surface area (Å²) in [6, 6.07) is 10.1. The molecule has 3 N–H and O–H groups in total. The zero-order valence-corrected chi connectivity index (χ0v) is 10.8. The Bertz CT molecular complexity index is 582. The molecule has 0 aliphatic heterocycles. The molecule has 5 heteroatoms. The van der Waals surface area contributed by atoms with Crippen molar-refractivity contribution in [3.8, 4) is 11.1 Å². The van der Waals surface area contributed by atoms with Crippen LogP contribution in [0, 0.1) is 0 Å². The Balaban J connectivity index is 2.56. The van der Waals surface area contributed by atoms with Gasteiger partial charge in [-0.2, -0.15) is 0 Å². The number of nitrogens with one attached hydrogen (secondary N) is 1. The summed E-state index contributed by atoms with van der Waals surface area (Å²) in [5.74, 6) is 0. The predicted octanol–water partition coefficient (Wildman–Crippen LogP) is 4.21. The van der Waals surface area contributed by atoms with Gasteiger partial charge in [-0.25, -0.2) is 13.2 Å². The number of rotatable bonds is 5.